The minimum atomic E-state index is 0.680. The summed E-state index contributed by atoms with van der Waals surface area (Å²) in [5.41, 5.74) is 2.09. The molecule has 3 rings (SSSR count). The Morgan fingerprint density at radius 2 is 2.19 bits per heavy atom. The Kier molecular flexibility index (Phi) is 4.31. The number of nitrogens with one attached hydrogen (secondary N) is 1. The summed E-state index contributed by atoms with van der Waals surface area (Å²) in [6.45, 7) is 3.50. The highest BCUT2D eigenvalue weighted by atomic mass is 32.1. The molecule has 2 aromatic heterocycles. The summed E-state index contributed by atoms with van der Waals surface area (Å²) in [6, 6.07) is 12.0. The predicted molar refractivity (Wildman–Crippen MR) is 87.2 cm³/mol. The monoisotopic (exact) mass is 299 g/mol. The molecule has 0 spiro atoms. The summed E-state index contributed by atoms with van der Waals surface area (Å²) in [5, 5.41) is 4.30. The fourth-order valence-corrected chi connectivity index (χ4v) is 3.00. The van der Waals surface area contributed by atoms with Crippen molar-refractivity contribution in [3.8, 4) is 5.75 Å². The molecule has 3 aromatic rings. The summed E-state index contributed by atoms with van der Waals surface area (Å²) < 4.78 is 6.65. The van der Waals surface area contributed by atoms with Crippen molar-refractivity contribution in [2.75, 3.05) is 18.5 Å². The quantitative estimate of drug-likeness (QED) is 0.753. The van der Waals surface area contributed by atoms with E-state index in [2.05, 4.69) is 15.3 Å². The number of anilines is 1. The number of nitrogens with zero attached hydrogens (tertiary/aromatic N) is 2. The van der Waals surface area contributed by atoms with E-state index in [1.807, 2.05) is 49.5 Å². The Bertz CT molecular complexity index is 712. The van der Waals surface area contributed by atoms with Gasteiger partial charge in [-0.1, -0.05) is 17.4 Å². The SMILES string of the molecule is CCOc1ccc2nc(NCCc3ccccn3)sc2c1. The van der Waals surface area contributed by atoms with Crippen LogP contribution in [0.3, 0.4) is 0 Å². The molecule has 2 heterocycles. The smallest absolute Gasteiger partial charge is 0.183 e. The molecule has 0 atom stereocenters. The van der Waals surface area contributed by atoms with Gasteiger partial charge in [0.05, 0.1) is 16.8 Å². The second-order valence-electron chi connectivity index (χ2n) is 4.58. The minimum absolute atomic E-state index is 0.680. The molecule has 5 heteroatoms. The highest BCUT2D eigenvalue weighted by Crippen LogP contribution is 2.29. The molecule has 0 aliphatic heterocycles. The van der Waals surface area contributed by atoms with Gasteiger partial charge in [0, 0.05) is 24.9 Å². The molecule has 1 N–H and O–H groups in total. The van der Waals surface area contributed by atoms with Gasteiger partial charge in [0.2, 0.25) is 0 Å². The van der Waals surface area contributed by atoms with Crippen LogP contribution in [0.2, 0.25) is 0 Å². The number of fused-ring (bicyclic) bond motifs is 1. The van der Waals surface area contributed by atoms with Gasteiger partial charge in [-0.05, 0) is 37.3 Å². The molecule has 0 aliphatic rings. The number of hydrogen-bond acceptors (Lipinski definition) is 5. The largest absolute Gasteiger partial charge is 0.494 e. The Balaban J connectivity index is 1.64. The van der Waals surface area contributed by atoms with Gasteiger partial charge in [0.15, 0.2) is 5.13 Å². The summed E-state index contributed by atoms with van der Waals surface area (Å²) in [4.78, 5) is 8.89. The highest BCUT2D eigenvalue weighted by molar-refractivity contribution is 7.22. The topological polar surface area (TPSA) is 47.0 Å². The third-order valence-electron chi connectivity index (χ3n) is 3.05. The number of ether oxygens (including phenoxy) is 1. The van der Waals surface area contributed by atoms with Crippen LogP contribution in [0.5, 0.6) is 5.75 Å². The molecule has 0 aliphatic carbocycles. The summed E-state index contributed by atoms with van der Waals surface area (Å²) >= 11 is 1.65. The van der Waals surface area contributed by atoms with Crippen LogP contribution in [0.4, 0.5) is 5.13 Å². The van der Waals surface area contributed by atoms with Crippen LogP contribution >= 0.6 is 11.3 Å². The van der Waals surface area contributed by atoms with Crippen LogP contribution in [-0.2, 0) is 6.42 Å². The average molecular weight is 299 g/mol. The van der Waals surface area contributed by atoms with Crippen LogP contribution in [0.1, 0.15) is 12.6 Å². The first kappa shape index (κ1) is 13.8. The Labute approximate surface area is 127 Å². The zero-order valence-electron chi connectivity index (χ0n) is 11.9. The molecule has 0 saturated heterocycles. The molecule has 0 unspecified atom stereocenters. The lowest BCUT2D eigenvalue weighted by Gasteiger charge is -2.01. The highest BCUT2D eigenvalue weighted by Gasteiger charge is 2.05. The van der Waals surface area contributed by atoms with E-state index < -0.39 is 0 Å². The maximum Gasteiger partial charge on any atom is 0.183 e. The number of thiazole rings is 1. The van der Waals surface area contributed by atoms with Gasteiger partial charge in [-0.25, -0.2) is 4.98 Å². The minimum Gasteiger partial charge on any atom is -0.494 e. The molecule has 1 aromatic carbocycles. The molecule has 0 amide bonds. The first-order valence-electron chi connectivity index (χ1n) is 7.02. The van der Waals surface area contributed by atoms with Crippen molar-refractivity contribution in [1.82, 2.24) is 9.97 Å². The van der Waals surface area contributed by atoms with Gasteiger partial charge >= 0.3 is 0 Å². The number of benzene rings is 1. The molecular formula is C16H17N3OS. The van der Waals surface area contributed by atoms with Gasteiger partial charge in [-0.15, -0.1) is 0 Å². The van der Waals surface area contributed by atoms with E-state index in [4.69, 9.17) is 4.74 Å². The number of hydrogen-bond donors (Lipinski definition) is 1. The molecule has 4 nitrogen and oxygen atoms in total. The van der Waals surface area contributed by atoms with Crippen LogP contribution in [0, 0.1) is 0 Å². The van der Waals surface area contributed by atoms with Gasteiger partial charge in [0.25, 0.3) is 0 Å². The van der Waals surface area contributed by atoms with Crippen molar-refractivity contribution in [2.24, 2.45) is 0 Å². The average Bonchev–Trinajstić information content (AvgIpc) is 2.91. The van der Waals surface area contributed by atoms with Gasteiger partial charge < -0.3 is 10.1 Å². The van der Waals surface area contributed by atoms with Crippen molar-refractivity contribution >= 4 is 26.7 Å². The van der Waals surface area contributed by atoms with Crippen molar-refractivity contribution in [3.05, 3.63) is 48.3 Å². The second kappa shape index (κ2) is 6.54. The third kappa shape index (κ3) is 3.49. The van der Waals surface area contributed by atoms with Gasteiger partial charge in [-0.3, -0.25) is 4.98 Å². The number of aromatic nitrogens is 2. The van der Waals surface area contributed by atoms with E-state index in [0.717, 1.165) is 39.8 Å². The Morgan fingerprint density at radius 1 is 1.24 bits per heavy atom. The van der Waals surface area contributed by atoms with Gasteiger partial charge in [0.1, 0.15) is 5.75 Å². The fourth-order valence-electron chi connectivity index (χ4n) is 2.08. The van der Waals surface area contributed by atoms with E-state index in [1.165, 1.54) is 0 Å². The van der Waals surface area contributed by atoms with E-state index in [9.17, 15) is 0 Å². The fraction of sp³-hybridized carbons (Fsp3) is 0.250. The van der Waals surface area contributed by atoms with Crippen molar-refractivity contribution in [3.63, 3.8) is 0 Å². The lowest BCUT2D eigenvalue weighted by molar-refractivity contribution is 0.341. The zero-order valence-corrected chi connectivity index (χ0v) is 12.7. The summed E-state index contributed by atoms with van der Waals surface area (Å²) in [5.74, 6) is 0.897. The Morgan fingerprint density at radius 3 is 3.00 bits per heavy atom. The van der Waals surface area contributed by atoms with E-state index in [-0.39, 0.29) is 0 Å². The van der Waals surface area contributed by atoms with E-state index in [1.54, 1.807) is 11.3 Å². The van der Waals surface area contributed by atoms with Crippen molar-refractivity contribution in [2.45, 2.75) is 13.3 Å². The van der Waals surface area contributed by atoms with Crippen LogP contribution in [-0.4, -0.2) is 23.1 Å². The van der Waals surface area contributed by atoms with Crippen molar-refractivity contribution in [1.29, 1.82) is 0 Å². The maximum atomic E-state index is 5.51. The first-order chi connectivity index (χ1) is 10.3. The molecule has 21 heavy (non-hydrogen) atoms. The maximum absolute atomic E-state index is 5.51. The standard InChI is InChI=1S/C16H17N3OS/c1-2-20-13-6-7-14-15(11-13)21-16(19-14)18-10-8-12-5-3-4-9-17-12/h3-7,9,11H,2,8,10H2,1H3,(H,18,19). The Hall–Kier alpha value is -2.14. The van der Waals surface area contributed by atoms with Crippen LogP contribution in [0.15, 0.2) is 42.6 Å². The number of rotatable bonds is 6. The lowest BCUT2D eigenvalue weighted by atomic mass is 10.3. The van der Waals surface area contributed by atoms with Crippen LogP contribution < -0.4 is 10.1 Å². The predicted octanol–water partition coefficient (Wildman–Crippen LogP) is 3.74. The molecule has 0 radical (unpaired) electrons. The molecule has 0 fully saturated rings. The molecule has 0 saturated carbocycles. The van der Waals surface area contributed by atoms with Crippen LogP contribution in [0.25, 0.3) is 10.2 Å². The first-order valence-corrected chi connectivity index (χ1v) is 7.84. The van der Waals surface area contributed by atoms with Crippen molar-refractivity contribution < 1.29 is 4.74 Å². The summed E-state index contributed by atoms with van der Waals surface area (Å²) in [6.07, 6.45) is 2.71. The number of pyridine rings is 1. The molecule has 0 bridgehead atoms. The molecule has 108 valence electrons. The normalized spacial score (nSPS) is 10.7. The van der Waals surface area contributed by atoms with E-state index >= 15 is 0 Å². The van der Waals surface area contributed by atoms with Gasteiger partial charge in [-0.2, -0.15) is 0 Å². The summed E-state index contributed by atoms with van der Waals surface area (Å²) in [7, 11) is 0. The second-order valence-corrected chi connectivity index (χ2v) is 5.61. The van der Waals surface area contributed by atoms with E-state index in [0.29, 0.717) is 6.61 Å². The lowest BCUT2D eigenvalue weighted by Crippen LogP contribution is -2.05. The molecular weight excluding hydrogens is 282 g/mol. The third-order valence-corrected chi connectivity index (χ3v) is 4.03. The zero-order chi connectivity index (χ0) is 14.5.